The molecule has 1 rings (SSSR count). The highest BCUT2D eigenvalue weighted by Crippen LogP contribution is 2.25. The smallest absolute Gasteiger partial charge is 0.151 e. The highest BCUT2D eigenvalue weighted by atomic mass is 32.1. The van der Waals surface area contributed by atoms with Gasteiger partial charge in [-0.3, -0.25) is 4.79 Å². The van der Waals surface area contributed by atoms with Gasteiger partial charge in [0.05, 0.1) is 6.10 Å². The van der Waals surface area contributed by atoms with Crippen LogP contribution in [-0.4, -0.2) is 29.1 Å². The van der Waals surface area contributed by atoms with Crippen LogP contribution < -0.4 is 0 Å². The van der Waals surface area contributed by atoms with Gasteiger partial charge in [0.25, 0.3) is 0 Å². The molecule has 0 saturated carbocycles. The normalized spacial score (nSPS) is 13.9. The zero-order valence-electron chi connectivity index (χ0n) is 8.35. The fraction of sp³-hybridized carbons (Fsp3) is 0.444. The quantitative estimate of drug-likeness (QED) is 0.342. The SMILES string of the molecule is [N-]=[N+]=NCCC(O)C(O)c1cscc1C=O. The second kappa shape index (κ2) is 6.24. The summed E-state index contributed by atoms with van der Waals surface area (Å²) in [5.74, 6) is 0. The summed E-state index contributed by atoms with van der Waals surface area (Å²) < 4.78 is 0. The lowest BCUT2D eigenvalue weighted by atomic mass is 10.0. The van der Waals surface area contributed by atoms with Gasteiger partial charge in [-0.1, -0.05) is 5.11 Å². The van der Waals surface area contributed by atoms with Crippen LogP contribution in [0, 0.1) is 0 Å². The summed E-state index contributed by atoms with van der Waals surface area (Å²) in [5.41, 5.74) is 8.84. The second-order valence-corrected chi connectivity index (χ2v) is 3.90. The molecule has 2 N–H and O–H groups in total. The number of thiophene rings is 1. The lowest BCUT2D eigenvalue weighted by Gasteiger charge is -2.16. The molecule has 0 aliphatic rings. The van der Waals surface area contributed by atoms with Gasteiger partial charge in [0.1, 0.15) is 6.10 Å². The van der Waals surface area contributed by atoms with E-state index in [0.29, 0.717) is 17.4 Å². The molecule has 0 aliphatic heterocycles. The van der Waals surface area contributed by atoms with E-state index >= 15 is 0 Å². The number of nitrogens with zero attached hydrogens (tertiary/aromatic N) is 3. The molecule has 0 aliphatic carbocycles. The van der Waals surface area contributed by atoms with E-state index in [1.165, 1.54) is 11.3 Å². The zero-order chi connectivity index (χ0) is 12.0. The van der Waals surface area contributed by atoms with Crippen molar-refractivity contribution in [3.63, 3.8) is 0 Å². The fourth-order valence-electron chi connectivity index (χ4n) is 1.25. The summed E-state index contributed by atoms with van der Waals surface area (Å²) in [6.07, 6.45) is -1.38. The molecule has 1 aromatic rings. The first-order chi connectivity index (χ1) is 7.70. The Labute approximate surface area is 95.8 Å². The van der Waals surface area contributed by atoms with Crippen LogP contribution in [0.25, 0.3) is 10.4 Å². The number of azide groups is 1. The van der Waals surface area contributed by atoms with Crippen LogP contribution in [0.3, 0.4) is 0 Å². The number of aliphatic hydroxyl groups excluding tert-OH is 2. The summed E-state index contributed by atoms with van der Waals surface area (Å²) in [6.45, 7) is 0.106. The fourth-order valence-corrected chi connectivity index (χ4v) is 2.08. The van der Waals surface area contributed by atoms with Gasteiger partial charge in [-0.15, -0.1) is 0 Å². The molecule has 6 nitrogen and oxygen atoms in total. The highest BCUT2D eigenvalue weighted by Gasteiger charge is 2.21. The Morgan fingerprint density at radius 3 is 2.94 bits per heavy atom. The van der Waals surface area contributed by atoms with Gasteiger partial charge in [-0.25, -0.2) is 0 Å². The van der Waals surface area contributed by atoms with Crippen molar-refractivity contribution in [3.8, 4) is 0 Å². The van der Waals surface area contributed by atoms with E-state index in [-0.39, 0.29) is 13.0 Å². The van der Waals surface area contributed by atoms with E-state index in [1.807, 2.05) is 0 Å². The molecule has 1 heterocycles. The third-order valence-electron chi connectivity index (χ3n) is 2.12. The standard InChI is InChI=1S/C9H11N3O3S/c10-12-11-2-1-8(14)9(15)7-5-16-4-6(7)3-13/h3-5,8-9,14-15H,1-2H2. The Kier molecular flexibility index (Phi) is 4.94. The molecule has 0 bridgehead atoms. The van der Waals surface area contributed by atoms with Gasteiger partial charge in [-0.2, -0.15) is 11.3 Å². The lowest BCUT2D eigenvalue weighted by molar-refractivity contribution is 0.0150. The van der Waals surface area contributed by atoms with E-state index in [0.717, 1.165) is 0 Å². The van der Waals surface area contributed by atoms with Gasteiger partial charge < -0.3 is 10.2 Å². The molecule has 2 unspecified atom stereocenters. The van der Waals surface area contributed by atoms with Crippen LogP contribution in [0.1, 0.15) is 28.4 Å². The maximum absolute atomic E-state index is 10.6. The molecule has 0 aromatic carbocycles. The largest absolute Gasteiger partial charge is 0.390 e. The van der Waals surface area contributed by atoms with E-state index in [4.69, 9.17) is 5.53 Å². The van der Waals surface area contributed by atoms with Crippen molar-refractivity contribution in [2.24, 2.45) is 5.11 Å². The average Bonchev–Trinajstić information content (AvgIpc) is 2.76. The van der Waals surface area contributed by atoms with Crippen LogP contribution in [0.5, 0.6) is 0 Å². The van der Waals surface area contributed by atoms with Crippen LogP contribution in [0.15, 0.2) is 15.9 Å². The van der Waals surface area contributed by atoms with Crippen molar-refractivity contribution in [3.05, 3.63) is 32.3 Å². The van der Waals surface area contributed by atoms with E-state index in [2.05, 4.69) is 10.0 Å². The maximum atomic E-state index is 10.6. The first-order valence-corrected chi connectivity index (χ1v) is 5.53. The highest BCUT2D eigenvalue weighted by molar-refractivity contribution is 7.08. The number of aliphatic hydroxyl groups is 2. The van der Waals surface area contributed by atoms with Crippen molar-refractivity contribution in [1.29, 1.82) is 0 Å². The molecule has 16 heavy (non-hydrogen) atoms. The summed E-state index contributed by atoms with van der Waals surface area (Å²) >= 11 is 1.28. The number of hydrogen-bond acceptors (Lipinski definition) is 5. The van der Waals surface area contributed by atoms with Crippen LogP contribution in [0.2, 0.25) is 0 Å². The summed E-state index contributed by atoms with van der Waals surface area (Å²) in [7, 11) is 0. The van der Waals surface area contributed by atoms with Crippen LogP contribution in [0.4, 0.5) is 0 Å². The number of rotatable bonds is 6. The van der Waals surface area contributed by atoms with Gasteiger partial charge in [0.2, 0.25) is 0 Å². The minimum absolute atomic E-state index is 0.106. The van der Waals surface area contributed by atoms with Crippen molar-refractivity contribution in [2.45, 2.75) is 18.6 Å². The Morgan fingerprint density at radius 2 is 2.31 bits per heavy atom. The molecular weight excluding hydrogens is 230 g/mol. The Bertz CT molecular complexity index is 400. The molecule has 0 radical (unpaired) electrons. The van der Waals surface area contributed by atoms with Crippen molar-refractivity contribution in [2.75, 3.05) is 6.54 Å². The molecule has 2 atom stereocenters. The van der Waals surface area contributed by atoms with Crippen LogP contribution >= 0.6 is 11.3 Å². The van der Waals surface area contributed by atoms with Crippen LogP contribution in [-0.2, 0) is 0 Å². The predicted octanol–water partition coefficient (Wildman–Crippen LogP) is 1.66. The molecule has 86 valence electrons. The molecule has 0 fully saturated rings. The van der Waals surface area contributed by atoms with Crippen molar-refractivity contribution < 1.29 is 15.0 Å². The lowest BCUT2D eigenvalue weighted by Crippen LogP contribution is -2.19. The number of carbonyl (C=O) groups excluding carboxylic acids is 1. The summed E-state index contributed by atoms with van der Waals surface area (Å²) in [4.78, 5) is 13.2. The predicted molar refractivity (Wildman–Crippen MR) is 59.3 cm³/mol. The van der Waals surface area contributed by atoms with E-state index in [9.17, 15) is 15.0 Å². The number of carbonyl (C=O) groups is 1. The summed E-state index contributed by atoms with van der Waals surface area (Å²) in [5, 5.41) is 25.8. The molecule has 0 saturated heterocycles. The van der Waals surface area contributed by atoms with Gasteiger partial charge in [-0.05, 0) is 17.3 Å². The zero-order valence-corrected chi connectivity index (χ0v) is 9.17. The van der Waals surface area contributed by atoms with Crippen molar-refractivity contribution in [1.82, 2.24) is 0 Å². The molecule has 0 spiro atoms. The third-order valence-corrected chi connectivity index (χ3v) is 2.90. The van der Waals surface area contributed by atoms with E-state index in [1.54, 1.807) is 10.8 Å². The minimum Gasteiger partial charge on any atom is -0.390 e. The topological polar surface area (TPSA) is 106 Å². The first kappa shape index (κ1) is 12.7. The Morgan fingerprint density at radius 1 is 1.56 bits per heavy atom. The maximum Gasteiger partial charge on any atom is 0.151 e. The molecule has 0 amide bonds. The number of aldehydes is 1. The second-order valence-electron chi connectivity index (χ2n) is 3.16. The Balaban J connectivity index is 2.65. The Hall–Kier alpha value is -1.40. The van der Waals surface area contributed by atoms with Gasteiger partial charge in [0.15, 0.2) is 6.29 Å². The monoisotopic (exact) mass is 241 g/mol. The van der Waals surface area contributed by atoms with Gasteiger partial charge >= 0.3 is 0 Å². The number of hydrogen-bond donors (Lipinski definition) is 2. The molecule has 7 heteroatoms. The average molecular weight is 241 g/mol. The molecular formula is C9H11N3O3S. The van der Waals surface area contributed by atoms with Crippen molar-refractivity contribution >= 4 is 17.6 Å². The van der Waals surface area contributed by atoms with E-state index < -0.39 is 12.2 Å². The molecule has 1 aromatic heterocycles. The third kappa shape index (κ3) is 3.04. The van der Waals surface area contributed by atoms with Gasteiger partial charge in [0, 0.05) is 28.0 Å². The minimum atomic E-state index is -1.12. The summed E-state index contributed by atoms with van der Waals surface area (Å²) in [6, 6.07) is 0. The first-order valence-electron chi connectivity index (χ1n) is 4.59.